The Kier molecular flexibility index (Phi) is 3.41. The van der Waals surface area contributed by atoms with Gasteiger partial charge in [0.1, 0.15) is 0 Å². The topological polar surface area (TPSA) is 68.3 Å². The highest BCUT2D eigenvalue weighted by Crippen LogP contribution is 2.37. The molecule has 16 heavy (non-hydrogen) atoms. The van der Waals surface area contributed by atoms with E-state index in [0.29, 0.717) is 17.1 Å². The van der Waals surface area contributed by atoms with Crippen LogP contribution in [0.25, 0.3) is 0 Å². The number of rotatable bonds is 3. The number of nitriles is 1. The molecule has 0 heterocycles. The van der Waals surface area contributed by atoms with Crippen molar-refractivity contribution in [3.05, 3.63) is 23.3 Å². The lowest BCUT2D eigenvalue weighted by atomic mass is 9.92. The number of nitrogens with two attached hydrogens (primary N) is 1. The smallest absolute Gasteiger partial charge is 0.165 e. The van der Waals surface area contributed by atoms with E-state index in [1.807, 2.05) is 13.8 Å². The van der Waals surface area contributed by atoms with E-state index in [-0.39, 0.29) is 0 Å². The fourth-order valence-corrected chi connectivity index (χ4v) is 1.51. The molecule has 1 rings (SSSR count). The van der Waals surface area contributed by atoms with Crippen molar-refractivity contribution in [2.45, 2.75) is 19.4 Å². The Morgan fingerprint density at radius 1 is 1.25 bits per heavy atom. The lowest BCUT2D eigenvalue weighted by Crippen LogP contribution is -2.29. The zero-order valence-electron chi connectivity index (χ0n) is 10.00. The van der Waals surface area contributed by atoms with E-state index in [1.54, 1.807) is 19.2 Å². The third kappa shape index (κ3) is 2.26. The number of hydrogen-bond donors (Lipinski definition) is 1. The molecule has 0 atom stereocenters. The van der Waals surface area contributed by atoms with Crippen LogP contribution in [0.4, 0.5) is 0 Å². The van der Waals surface area contributed by atoms with Gasteiger partial charge in [-0.15, -0.1) is 0 Å². The number of methoxy groups -OCH3 is 2. The number of ether oxygens (including phenoxy) is 2. The molecule has 0 fully saturated rings. The molecule has 0 unspecified atom stereocenters. The molecule has 4 heteroatoms. The maximum Gasteiger partial charge on any atom is 0.165 e. The summed E-state index contributed by atoms with van der Waals surface area (Å²) in [6.45, 7) is 3.71. The Balaban J connectivity index is 3.51. The van der Waals surface area contributed by atoms with Crippen LogP contribution in [0.5, 0.6) is 11.5 Å². The normalized spacial score (nSPS) is 10.8. The van der Waals surface area contributed by atoms with Crippen molar-refractivity contribution in [1.29, 1.82) is 5.26 Å². The molecule has 0 saturated heterocycles. The summed E-state index contributed by atoms with van der Waals surface area (Å²) < 4.78 is 10.5. The van der Waals surface area contributed by atoms with Gasteiger partial charge in [0, 0.05) is 17.2 Å². The molecular weight excluding hydrogens is 204 g/mol. The van der Waals surface area contributed by atoms with Crippen LogP contribution in [0.1, 0.15) is 25.0 Å². The van der Waals surface area contributed by atoms with Crippen molar-refractivity contribution in [2.75, 3.05) is 14.2 Å². The first-order valence-corrected chi connectivity index (χ1v) is 4.89. The fourth-order valence-electron chi connectivity index (χ4n) is 1.51. The lowest BCUT2D eigenvalue weighted by Gasteiger charge is -2.23. The van der Waals surface area contributed by atoms with Gasteiger partial charge in [-0.05, 0) is 19.9 Å². The minimum absolute atomic E-state index is 0.506. The molecule has 4 nitrogen and oxygen atoms in total. The molecule has 0 saturated carbocycles. The maximum absolute atomic E-state index is 8.92. The van der Waals surface area contributed by atoms with Gasteiger partial charge in [-0.2, -0.15) is 5.26 Å². The Morgan fingerprint density at radius 3 is 2.25 bits per heavy atom. The average Bonchev–Trinajstić information content (AvgIpc) is 2.25. The Bertz CT molecular complexity index is 428. The molecule has 0 aliphatic carbocycles. The fraction of sp³-hybridized carbons (Fsp3) is 0.417. The summed E-state index contributed by atoms with van der Waals surface area (Å²) in [7, 11) is 3.09. The molecule has 0 bridgehead atoms. The van der Waals surface area contributed by atoms with Crippen LogP contribution < -0.4 is 15.2 Å². The molecule has 1 aromatic carbocycles. The number of hydrogen-bond acceptors (Lipinski definition) is 4. The molecule has 0 spiro atoms. The van der Waals surface area contributed by atoms with E-state index in [4.69, 9.17) is 20.5 Å². The quantitative estimate of drug-likeness (QED) is 0.842. The second kappa shape index (κ2) is 4.42. The van der Waals surface area contributed by atoms with Crippen molar-refractivity contribution >= 4 is 0 Å². The van der Waals surface area contributed by atoms with Crippen LogP contribution >= 0.6 is 0 Å². The molecule has 2 N–H and O–H groups in total. The van der Waals surface area contributed by atoms with Gasteiger partial charge in [0.2, 0.25) is 0 Å². The van der Waals surface area contributed by atoms with Crippen LogP contribution in [0.2, 0.25) is 0 Å². The van der Waals surface area contributed by atoms with Crippen molar-refractivity contribution in [3.8, 4) is 17.6 Å². The van der Waals surface area contributed by atoms with Crippen molar-refractivity contribution < 1.29 is 9.47 Å². The highest BCUT2D eigenvalue weighted by atomic mass is 16.5. The van der Waals surface area contributed by atoms with Gasteiger partial charge >= 0.3 is 0 Å². The van der Waals surface area contributed by atoms with Gasteiger partial charge in [0.25, 0.3) is 0 Å². The van der Waals surface area contributed by atoms with Gasteiger partial charge < -0.3 is 15.2 Å². The molecule has 0 aliphatic heterocycles. The zero-order valence-corrected chi connectivity index (χ0v) is 10.00. The first-order chi connectivity index (χ1) is 7.43. The Morgan fingerprint density at radius 2 is 1.88 bits per heavy atom. The summed E-state index contributed by atoms with van der Waals surface area (Å²) in [6.07, 6.45) is 0. The molecule has 0 aliphatic rings. The maximum atomic E-state index is 8.92. The van der Waals surface area contributed by atoms with Crippen LogP contribution in [0.15, 0.2) is 12.1 Å². The summed E-state index contributed by atoms with van der Waals surface area (Å²) in [4.78, 5) is 0. The highest BCUT2D eigenvalue weighted by Gasteiger charge is 2.23. The monoisotopic (exact) mass is 220 g/mol. The van der Waals surface area contributed by atoms with Gasteiger partial charge in [0.15, 0.2) is 11.5 Å². The second-order valence-corrected chi connectivity index (χ2v) is 4.09. The summed E-state index contributed by atoms with van der Waals surface area (Å²) >= 11 is 0. The van der Waals surface area contributed by atoms with E-state index >= 15 is 0 Å². The summed E-state index contributed by atoms with van der Waals surface area (Å²) in [5, 5.41) is 8.92. The second-order valence-electron chi connectivity index (χ2n) is 4.09. The third-order valence-corrected chi connectivity index (χ3v) is 2.30. The van der Waals surface area contributed by atoms with Gasteiger partial charge in [0.05, 0.1) is 25.9 Å². The predicted octanol–water partition coefficient (Wildman–Crippen LogP) is 1.77. The number of nitrogens with zero attached hydrogens (tertiary/aromatic N) is 1. The summed E-state index contributed by atoms with van der Waals surface area (Å²) in [5.41, 5.74) is 6.70. The predicted molar refractivity (Wildman–Crippen MR) is 61.5 cm³/mol. The Hall–Kier alpha value is -1.73. The van der Waals surface area contributed by atoms with Crippen molar-refractivity contribution in [1.82, 2.24) is 0 Å². The highest BCUT2D eigenvalue weighted by molar-refractivity contribution is 5.54. The molecule has 0 aromatic heterocycles. The SMILES string of the molecule is COc1cc(C#N)cc(C(C)(C)N)c1OC. The van der Waals surface area contributed by atoms with E-state index in [1.165, 1.54) is 7.11 Å². The van der Waals surface area contributed by atoms with Crippen molar-refractivity contribution in [3.63, 3.8) is 0 Å². The summed E-state index contributed by atoms with van der Waals surface area (Å²) in [5.74, 6) is 1.10. The molecule has 0 amide bonds. The molecule has 86 valence electrons. The first-order valence-electron chi connectivity index (χ1n) is 4.89. The van der Waals surface area contributed by atoms with Crippen LogP contribution in [-0.2, 0) is 5.54 Å². The van der Waals surface area contributed by atoms with Gasteiger partial charge in [-0.1, -0.05) is 0 Å². The standard InChI is InChI=1S/C12H16N2O2/c1-12(2,14)9-5-8(7-13)6-10(15-3)11(9)16-4/h5-6H,14H2,1-4H3. The average molecular weight is 220 g/mol. The zero-order chi connectivity index (χ0) is 12.3. The molecule has 0 radical (unpaired) electrons. The Labute approximate surface area is 95.6 Å². The molecule has 1 aromatic rings. The van der Waals surface area contributed by atoms with Crippen molar-refractivity contribution in [2.24, 2.45) is 5.73 Å². The number of benzene rings is 1. The minimum atomic E-state index is -0.592. The minimum Gasteiger partial charge on any atom is -0.493 e. The first kappa shape index (κ1) is 12.3. The third-order valence-electron chi connectivity index (χ3n) is 2.30. The van der Waals surface area contributed by atoms with E-state index < -0.39 is 5.54 Å². The van der Waals surface area contributed by atoms with E-state index in [2.05, 4.69) is 6.07 Å². The lowest BCUT2D eigenvalue weighted by molar-refractivity contribution is 0.343. The van der Waals surface area contributed by atoms with Crippen LogP contribution in [0, 0.1) is 11.3 Å². The van der Waals surface area contributed by atoms with Gasteiger partial charge in [-0.25, -0.2) is 0 Å². The van der Waals surface area contributed by atoms with E-state index in [9.17, 15) is 0 Å². The van der Waals surface area contributed by atoms with Gasteiger partial charge in [-0.3, -0.25) is 0 Å². The van der Waals surface area contributed by atoms with Crippen LogP contribution in [-0.4, -0.2) is 14.2 Å². The summed E-state index contributed by atoms with van der Waals surface area (Å²) in [6, 6.07) is 5.43. The largest absolute Gasteiger partial charge is 0.493 e. The molecular formula is C12H16N2O2. The van der Waals surface area contributed by atoms with Crippen LogP contribution in [0.3, 0.4) is 0 Å². The van der Waals surface area contributed by atoms with E-state index in [0.717, 1.165) is 5.56 Å².